The second-order valence-corrected chi connectivity index (χ2v) is 5.24. The van der Waals surface area contributed by atoms with Gasteiger partial charge >= 0.3 is 0 Å². The van der Waals surface area contributed by atoms with Crippen molar-refractivity contribution in [2.24, 2.45) is 0 Å². The van der Waals surface area contributed by atoms with Crippen LogP contribution in [0.2, 0.25) is 0 Å². The molecule has 0 amide bonds. The van der Waals surface area contributed by atoms with Crippen LogP contribution in [0, 0.1) is 12.7 Å². The molecule has 0 fully saturated rings. The van der Waals surface area contributed by atoms with E-state index in [1.165, 1.54) is 6.07 Å². The quantitative estimate of drug-likeness (QED) is 0.578. The molecule has 3 aromatic heterocycles. The van der Waals surface area contributed by atoms with Gasteiger partial charge in [0, 0.05) is 29.7 Å². The molecule has 0 N–H and O–H groups in total. The molecule has 0 radical (unpaired) electrons. The van der Waals surface area contributed by atoms with Gasteiger partial charge in [0.25, 0.3) is 5.89 Å². The lowest BCUT2D eigenvalue weighted by molar-refractivity contribution is 0.432. The Morgan fingerprint density at radius 1 is 1.12 bits per heavy atom. The van der Waals surface area contributed by atoms with Gasteiger partial charge in [-0.25, -0.2) is 14.1 Å². The van der Waals surface area contributed by atoms with Crippen LogP contribution in [0.5, 0.6) is 0 Å². The summed E-state index contributed by atoms with van der Waals surface area (Å²) in [4.78, 5) is 8.63. The Labute approximate surface area is 136 Å². The van der Waals surface area contributed by atoms with Crippen LogP contribution in [0.15, 0.2) is 59.5 Å². The molecular weight excluding hydrogens is 309 g/mol. The molecule has 6 nitrogen and oxygen atoms in total. The van der Waals surface area contributed by atoms with Crippen LogP contribution in [-0.4, -0.2) is 24.9 Å². The number of hydrogen-bond acceptors (Lipinski definition) is 5. The van der Waals surface area contributed by atoms with Crippen LogP contribution in [0.3, 0.4) is 0 Å². The van der Waals surface area contributed by atoms with Gasteiger partial charge in [-0.1, -0.05) is 11.2 Å². The largest absolute Gasteiger partial charge is 0.334 e. The predicted octanol–water partition coefficient (Wildman–Crippen LogP) is 3.43. The minimum Gasteiger partial charge on any atom is -0.334 e. The Hall–Kier alpha value is -3.35. The first-order valence-corrected chi connectivity index (χ1v) is 7.27. The first-order chi connectivity index (χ1) is 11.7. The van der Waals surface area contributed by atoms with Crippen LogP contribution >= 0.6 is 0 Å². The molecule has 0 spiro atoms. The van der Waals surface area contributed by atoms with Gasteiger partial charge in [-0.2, -0.15) is 10.1 Å². The summed E-state index contributed by atoms with van der Waals surface area (Å²) in [5.41, 5.74) is 1.81. The Bertz CT molecular complexity index is 977. The maximum absolute atomic E-state index is 13.7. The second-order valence-electron chi connectivity index (χ2n) is 5.24. The predicted molar refractivity (Wildman–Crippen MR) is 84.8 cm³/mol. The molecule has 1 aromatic carbocycles. The number of halogens is 1. The van der Waals surface area contributed by atoms with E-state index < -0.39 is 0 Å². The highest BCUT2D eigenvalue weighted by Gasteiger charge is 2.12. The molecule has 3 heterocycles. The van der Waals surface area contributed by atoms with Crippen LogP contribution in [0.25, 0.3) is 28.7 Å². The zero-order chi connectivity index (χ0) is 16.5. The van der Waals surface area contributed by atoms with Gasteiger partial charge < -0.3 is 4.52 Å². The smallest absolute Gasteiger partial charge is 0.258 e. The van der Waals surface area contributed by atoms with E-state index in [0.29, 0.717) is 28.3 Å². The Kier molecular flexibility index (Phi) is 3.38. The van der Waals surface area contributed by atoms with Crippen LogP contribution in [0.4, 0.5) is 4.39 Å². The highest BCUT2D eigenvalue weighted by Crippen LogP contribution is 2.23. The maximum atomic E-state index is 13.7. The van der Waals surface area contributed by atoms with Crippen molar-refractivity contribution in [2.75, 3.05) is 0 Å². The van der Waals surface area contributed by atoms with E-state index in [2.05, 4.69) is 20.2 Å². The summed E-state index contributed by atoms with van der Waals surface area (Å²) in [7, 11) is 0. The summed E-state index contributed by atoms with van der Waals surface area (Å²) < 4.78 is 20.5. The zero-order valence-electron chi connectivity index (χ0n) is 12.7. The molecule has 4 rings (SSSR count). The lowest BCUT2D eigenvalue weighted by atomic mass is 10.1. The SMILES string of the molecule is Cc1ccc(-c2nc(-c3ccc(-n4cccn4)nc3)no2)cc1F. The Morgan fingerprint density at radius 2 is 2.00 bits per heavy atom. The molecule has 0 saturated heterocycles. The number of nitrogens with zero attached hydrogens (tertiary/aromatic N) is 5. The highest BCUT2D eigenvalue weighted by molar-refractivity contribution is 5.59. The number of aryl methyl sites for hydroxylation is 1. The fourth-order valence-corrected chi connectivity index (χ4v) is 2.24. The van der Waals surface area contributed by atoms with E-state index in [-0.39, 0.29) is 11.7 Å². The summed E-state index contributed by atoms with van der Waals surface area (Å²) in [6.45, 7) is 1.70. The van der Waals surface area contributed by atoms with Crippen molar-refractivity contribution in [3.05, 3.63) is 66.4 Å². The van der Waals surface area contributed by atoms with Crippen molar-refractivity contribution in [1.29, 1.82) is 0 Å². The number of hydrogen-bond donors (Lipinski definition) is 0. The molecule has 7 heteroatoms. The van der Waals surface area contributed by atoms with E-state index in [0.717, 1.165) is 0 Å². The second kappa shape index (κ2) is 5.69. The van der Waals surface area contributed by atoms with Gasteiger partial charge in [0.15, 0.2) is 5.82 Å². The molecule has 0 unspecified atom stereocenters. The summed E-state index contributed by atoms with van der Waals surface area (Å²) in [5.74, 6) is 1.04. The van der Waals surface area contributed by atoms with E-state index >= 15 is 0 Å². The molecule has 4 aromatic rings. The third-order valence-corrected chi connectivity index (χ3v) is 3.59. The topological polar surface area (TPSA) is 69.6 Å². The van der Waals surface area contributed by atoms with Gasteiger partial charge in [0.1, 0.15) is 5.82 Å². The van der Waals surface area contributed by atoms with Gasteiger partial charge in [-0.15, -0.1) is 0 Å². The van der Waals surface area contributed by atoms with Crippen molar-refractivity contribution >= 4 is 0 Å². The zero-order valence-corrected chi connectivity index (χ0v) is 12.7. The van der Waals surface area contributed by atoms with Gasteiger partial charge in [0.2, 0.25) is 5.82 Å². The molecule has 0 aliphatic rings. The van der Waals surface area contributed by atoms with Crippen molar-refractivity contribution in [2.45, 2.75) is 6.92 Å². The third-order valence-electron chi connectivity index (χ3n) is 3.59. The number of benzene rings is 1. The van der Waals surface area contributed by atoms with E-state index in [4.69, 9.17) is 4.52 Å². The summed E-state index contributed by atoms with van der Waals surface area (Å²) >= 11 is 0. The number of rotatable bonds is 3. The molecule has 0 atom stereocenters. The lowest BCUT2D eigenvalue weighted by Gasteiger charge is -2.00. The van der Waals surface area contributed by atoms with Crippen molar-refractivity contribution in [1.82, 2.24) is 24.9 Å². The number of aromatic nitrogens is 5. The van der Waals surface area contributed by atoms with Gasteiger partial charge in [-0.3, -0.25) is 0 Å². The Morgan fingerprint density at radius 3 is 2.71 bits per heavy atom. The average molecular weight is 321 g/mol. The number of pyridine rings is 1. The molecule has 0 aliphatic carbocycles. The molecular formula is C17H12FN5O. The fourth-order valence-electron chi connectivity index (χ4n) is 2.24. The fraction of sp³-hybridized carbons (Fsp3) is 0.0588. The van der Waals surface area contributed by atoms with Crippen LogP contribution in [0.1, 0.15) is 5.56 Å². The summed E-state index contributed by atoms with van der Waals surface area (Å²) in [6, 6.07) is 10.3. The highest BCUT2D eigenvalue weighted by atomic mass is 19.1. The molecule has 24 heavy (non-hydrogen) atoms. The molecule has 118 valence electrons. The first-order valence-electron chi connectivity index (χ1n) is 7.27. The normalized spacial score (nSPS) is 10.9. The van der Waals surface area contributed by atoms with E-state index in [1.54, 1.807) is 42.3 Å². The Balaban J connectivity index is 1.63. The minimum absolute atomic E-state index is 0.264. The van der Waals surface area contributed by atoms with Gasteiger partial charge in [-0.05, 0) is 42.8 Å². The lowest BCUT2D eigenvalue weighted by Crippen LogP contribution is -1.97. The molecule has 0 bridgehead atoms. The third kappa shape index (κ3) is 2.56. The monoisotopic (exact) mass is 321 g/mol. The standard InChI is InChI=1S/C17H12FN5O/c1-11-3-4-12(9-14(11)18)17-21-16(22-24-17)13-5-6-15(19-10-13)23-8-2-7-20-23/h2-10H,1H3. The molecule has 0 saturated carbocycles. The van der Waals surface area contributed by atoms with E-state index in [1.807, 2.05) is 18.2 Å². The van der Waals surface area contributed by atoms with Crippen LogP contribution < -0.4 is 0 Å². The van der Waals surface area contributed by atoms with Crippen molar-refractivity contribution < 1.29 is 8.91 Å². The molecule has 0 aliphatic heterocycles. The van der Waals surface area contributed by atoms with Crippen molar-refractivity contribution in [3.8, 4) is 28.7 Å². The van der Waals surface area contributed by atoms with Crippen molar-refractivity contribution in [3.63, 3.8) is 0 Å². The summed E-state index contributed by atoms with van der Waals surface area (Å²) in [6.07, 6.45) is 5.13. The average Bonchev–Trinajstić information content (AvgIpc) is 3.29. The van der Waals surface area contributed by atoms with E-state index in [9.17, 15) is 4.39 Å². The maximum Gasteiger partial charge on any atom is 0.258 e. The first kappa shape index (κ1) is 14.3. The van der Waals surface area contributed by atoms with Gasteiger partial charge in [0.05, 0.1) is 0 Å². The summed E-state index contributed by atoms with van der Waals surface area (Å²) in [5, 5.41) is 8.05. The van der Waals surface area contributed by atoms with Crippen LogP contribution in [-0.2, 0) is 0 Å². The minimum atomic E-state index is -0.308.